The molecule has 0 unspecified atom stereocenters. The van der Waals surface area contributed by atoms with Gasteiger partial charge in [0.15, 0.2) is 5.11 Å². The first-order chi connectivity index (χ1) is 16.4. The maximum atomic E-state index is 13.0. The van der Waals surface area contributed by atoms with Crippen molar-refractivity contribution in [2.24, 2.45) is 0 Å². The molecule has 1 saturated heterocycles. The molecule has 0 radical (unpaired) electrons. The molecule has 1 N–H and O–H groups in total. The Morgan fingerprint density at radius 2 is 1.97 bits per heavy atom. The van der Waals surface area contributed by atoms with Crippen LogP contribution in [0.4, 0.5) is 0 Å². The molecule has 34 heavy (non-hydrogen) atoms. The van der Waals surface area contributed by atoms with Gasteiger partial charge in [0.1, 0.15) is 23.8 Å². The van der Waals surface area contributed by atoms with Crippen LogP contribution in [0, 0.1) is 13.8 Å². The van der Waals surface area contributed by atoms with Gasteiger partial charge in [-0.25, -0.2) is 0 Å². The van der Waals surface area contributed by atoms with Gasteiger partial charge in [0, 0.05) is 23.9 Å². The third kappa shape index (κ3) is 5.12. The van der Waals surface area contributed by atoms with Crippen molar-refractivity contribution < 1.29 is 14.3 Å². The fourth-order valence-corrected chi connectivity index (χ4v) is 4.00. The molecule has 1 fully saturated rings. The molecule has 1 aliphatic heterocycles. The molecule has 3 aromatic rings. The number of hydrogen-bond acceptors (Lipinski definition) is 5. The predicted molar refractivity (Wildman–Crippen MR) is 135 cm³/mol. The summed E-state index contributed by atoms with van der Waals surface area (Å²) >= 11 is 5.41. The van der Waals surface area contributed by atoms with Crippen molar-refractivity contribution in [3.8, 4) is 11.5 Å². The lowest BCUT2D eigenvalue weighted by molar-refractivity contribution is -0.122. The van der Waals surface area contributed by atoms with Crippen LogP contribution >= 0.6 is 12.2 Å². The lowest BCUT2D eigenvalue weighted by Gasteiger charge is -2.13. The second kappa shape index (κ2) is 10.1. The minimum absolute atomic E-state index is 0.168. The number of benzene rings is 2. The lowest BCUT2D eigenvalue weighted by atomic mass is 10.1. The molecule has 0 aliphatic carbocycles. The summed E-state index contributed by atoms with van der Waals surface area (Å²) in [7, 11) is 1.63. The van der Waals surface area contributed by atoms with E-state index >= 15 is 0 Å². The summed E-state index contributed by atoms with van der Waals surface area (Å²) < 4.78 is 13.4. The maximum absolute atomic E-state index is 13.0. The van der Waals surface area contributed by atoms with Crippen LogP contribution in [0.1, 0.15) is 34.7 Å². The second-order valence-corrected chi connectivity index (χ2v) is 8.60. The van der Waals surface area contributed by atoms with E-state index in [0.29, 0.717) is 24.0 Å². The number of carbonyl (C=O) groups is 1. The van der Waals surface area contributed by atoms with Crippen LogP contribution < -0.4 is 14.8 Å². The maximum Gasteiger partial charge on any atom is 0.276 e. The van der Waals surface area contributed by atoms with E-state index in [-0.39, 0.29) is 5.91 Å². The Morgan fingerprint density at radius 3 is 2.71 bits per heavy atom. The number of amides is 1. The minimum Gasteiger partial charge on any atom is -0.496 e. The van der Waals surface area contributed by atoms with Crippen LogP contribution in [-0.2, 0) is 24.5 Å². The number of thiocarbonyl (C=S) groups is 1. The van der Waals surface area contributed by atoms with Crippen LogP contribution in [-0.4, -0.2) is 32.8 Å². The van der Waals surface area contributed by atoms with Crippen molar-refractivity contribution in [1.29, 1.82) is 0 Å². The van der Waals surface area contributed by atoms with Gasteiger partial charge in [0.2, 0.25) is 0 Å². The molecule has 2 aromatic carbocycles. The van der Waals surface area contributed by atoms with Crippen LogP contribution in [0.3, 0.4) is 0 Å². The largest absolute Gasteiger partial charge is 0.496 e. The van der Waals surface area contributed by atoms with Gasteiger partial charge in [-0.3, -0.25) is 14.4 Å². The van der Waals surface area contributed by atoms with Gasteiger partial charge in [-0.2, -0.15) is 5.10 Å². The summed E-state index contributed by atoms with van der Waals surface area (Å²) in [5.41, 5.74) is 5.30. The van der Waals surface area contributed by atoms with Crippen molar-refractivity contribution in [2.45, 2.75) is 40.5 Å². The van der Waals surface area contributed by atoms with Crippen LogP contribution in [0.25, 0.3) is 6.08 Å². The first kappa shape index (κ1) is 23.5. The highest BCUT2D eigenvalue weighted by molar-refractivity contribution is 7.80. The minimum atomic E-state index is -0.168. The number of aryl methyl sites for hydroxylation is 3. The van der Waals surface area contributed by atoms with Crippen LogP contribution in [0.2, 0.25) is 0 Å². The number of rotatable bonds is 8. The molecule has 7 nitrogen and oxygen atoms in total. The SMILES string of the molecule is CCn1cc(CN2C(=O)/C(=C\c3ccc(OC)c(COc4cc(C)ccc4C)c3)NC2=S)cn1. The number of ether oxygens (including phenoxy) is 2. The van der Waals surface area contributed by atoms with E-state index in [4.69, 9.17) is 21.7 Å². The zero-order valence-electron chi connectivity index (χ0n) is 19.8. The van der Waals surface area contributed by atoms with Crippen LogP contribution in [0.15, 0.2) is 54.5 Å². The molecule has 1 aromatic heterocycles. The van der Waals surface area contributed by atoms with Crippen molar-refractivity contribution in [3.05, 3.63) is 82.3 Å². The number of nitrogens with one attached hydrogen (secondary N) is 1. The van der Waals surface area contributed by atoms with E-state index < -0.39 is 0 Å². The number of aromatic nitrogens is 2. The zero-order valence-corrected chi connectivity index (χ0v) is 20.6. The highest BCUT2D eigenvalue weighted by atomic mass is 32.1. The Hall–Kier alpha value is -3.65. The molecule has 0 spiro atoms. The molecule has 176 valence electrons. The van der Waals surface area contributed by atoms with Gasteiger partial charge in [-0.05, 0) is 74.0 Å². The van der Waals surface area contributed by atoms with E-state index in [1.54, 1.807) is 24.3 Å². The van der Waals surface area contributed by atoms with Gasteiger partial charge in [0.05, 0.1) is 19.9 Å². The monoisotopic (exact) mass is 476 g/mol. The molecule has 0 bridgehead atoms. The first-order valence-electron chi connectivity index (χ1n) is 11.1. The Bertz CT molecular complexity index is 1260. The molecule has 2 heterocycles. The smallest absolute Gasteiger partial charge is 0.276 e. The lowest BCUT2D eigenvalue weighted by Crippen LogP contribution is -2.29. The average Bonchev–Trinajstić information content (AvgIpc) is 3.39. The Labute approximate surface area is 205 Å². The third-order valence-electron chi connectivity index (χ3n) is 5.66. The molecule has 8 heteroatoms. The van der Waals surface area contributed by atoms with Gasteiger partial charge >= 0.3 is 0 Å². The Morgan fingerprint density at radius 1 is 1.15 bits per heavy atom. The second-order valence-electron chi connectivity index (χ2n) is 8.21. The van der Waals surface area contributed by atoms with Gasteiger partial charge < -0.3 is 14.8 Å². The summed E-state index contributed by atoms with van der Waals surface area (Å²) in [6, 6.07) is 11.9. The molecular weight excluding hydrogens is 448 g/mol. The highest BCUT2D eigenvalue weighted by Crippen LogP contribution is 2.26. The quantitative estimate of drug-likeness (QED) is 0.385. The van der Waals surface area contributed by atoms with Crippen molar-refractivity contribution in [3.63, 3.8) is 0 Å². The standard InChI is InChI=1S/C26H28N4O3S/c1-5-29-14-20(13-27-29)15-30-25(31)22(28-26(30)34)12-19-8-9-23(32-4)21(11-19)16-33-24-10-17(2)6-7-18(24)3/h6-14H,5,15-16H2,1-4H3,(H,28,34)/b22-12+. The number of nitrogens with zero attached hydrogens (tertiary/aromatic N) is 3. The van der Waals surface area contributed by atoms with E-state index in [9.17, 15) is 4.79 Å². The molecule has 1 aliphatic rings. The Kier molecular flexibility index (Phi) is 6.98. The average molecular weight is 477 g/mol. The number of carbonyl (C=O) groups excluding carboxylic acids is 1. The van der Waals surface area contributed by atoms with Crippen molar-refractivity contribution in [1.82, 2.24) is 20.0 Å². The zero-order chi connectivity index (χ0) is 24.2. The van der Waals surface area contributed by atoms with E-state index in [1.807, 2.05) is 62.0 Å². The van der Waals surface area contributed by atoms with Crippen LogP contribution in [0.5, 0.6) is 11.5 Å². The summed E-state index contributed by atoms with van der Waals surface area (Å²) in [5, 5.41) is 7.69. The van der Waals surface area contributed by atoms with Gasteiger partial charge in [-0.15, -0.1) is 0 Å². The highest BCUT2D eigenvalue weighted by Gasteiger charge is 2.31. The van der Waals surface area contributed by atoms with E-state index in [2.05, 4.69) is 16.5 Å². The molecule has 0 atom stereocenters. The fraction of sp³-hybridized carbons (Fsp3) is 0.269. The van der Waals surface area contributed by atoms with E-state index in [1.165, 1.54) is 0 Å². The van der Waals surface area contributed by atoms with Crippen molar-refractivity contribution in [2.75, 3.05) is 7.11 Å². The fourth-order valence-electron chi connectivity index (χ4n) is 3.74. The van der Waals surface area contributed by atoms with Gasteiger partial charge in [-0.1, -0.05) is 18.2 Å². The normalized spacial score (nSPS) is 14.6. The summed E-state index contributed by atoms with van der Waals surface area (Å²) in [6.45, 7) is 7.56. The molecule has 0 saturated carbocycles. The van der Waals surface area contributed by atoms with Gasteiger partial charge in [0.25, 0.3) is 5.91 Å². The summed E-state index contributed by atoms with van der Waals surface area (Å²) in [5.74, 6) is 1.40. The summed E-state index contributed by atoms with van der Waals surface area (Å²) in [4.78, 5) is 14.6. The number of hydrogen-bond donors (Lipinski definition) is 1. The van der Waals surface area contributed by atoms with E-state index in [0.717, 1.165) is 45.9 Å². The summed E-state index contributed by atoms with van der Waals surface area (Å²) in [6.07, 6.45) is 5.47. The topological polar surface area (TPSA) is 68.6 Å². The molecule has 1 amide bonds. The number of methoxy groups -OCH3 is 1. The molecular formula is C26H28N4O3S. The first-order valence-corrected chi connectivity index (χ1v) is 11.5. The molecule has 4 rings (SSSR count). The predicted octanol–water partition coefficient (Wildman–Crippen LogP) is 4.37. The van der Waals surface area contributed by atoms with Crippen molar-refractivity contribution >= 4 is 29.3 Å². The third-order valence-corrected chi connectivity index (χ3v) is 5.98. The Balaban J connectivity index is 1.52.